The molecule has 33 heavy (non-hydrogen) atoms. The highest BCUT2D eigenvalue weighted by Crippen LogP contribution is 2.33. The van der Waals surface area contributed by atoms with Crippen LogP contribution in [0.5, 0.6) is 5.75 Å². The summed E-state index contributed by atoms with van der Waals surface area (Å²) >= 11 is 0. The van der Waals surface area contributed by atoms with Gasteiger partial charge in [0, 0.05) is 11.7 Å². The van der Waals surface area contributed by atoms with Crippen LogP contribution in [-0.4, -0.2) is 33.5 Å². The number of hydrogen-bond acceptors (Lipinski definition) is 4. The summed E-state index contributed by atoms with van der Waals surface area (Å²) in [5, 5.41) is 0. The molecule has 1 amide bonds. The summed E-state index contributed by atoms with van der Waals surface area (Å²) in [6, 6.07) is 18.6. The number of fused-ring (bicyclic) bond motifs is 1. The molecule has 0 unspecified atom stereocenters. The monoisotopic (exact) mass is 468 g/mol. The molecular weight excluding hydrogens is 443 g/mol. The number of para-hydroxylation sites is 1. The van der Waals surface area contributed by atoms with E-state index in [2.05, 4.69) is 0 Å². The van der Waals surface area contributed by atoms with E-state index in [1.54, 1.807) is 17.0 Å². The van der Waals surface area contributed by atoms with Crippen molar-refractivity contribution in [3.63, 3.8) is 0 Å². The molecule has 0 saturated heterocycles. The van der Waals surface area contributed by atoms with Gasteiger partial charge in [0.2, 0.25) is 5.91 Å². The zero-order chi connectivity index (χ0) is 23.6. The van der Waals surface area contributed by atoms with Crippen LogP contribution in [0.15, 0.2) is 77.7 Å². The number of carbonyl (C=O) groups is 1. The Bertz CT molecular complexity index is 1240. The fourth-order valence-electron chi connectivity index (χ4n) is 4.07. The number of sulfonamides is 1. The van der Waals surface area contributed by atoms with Gasteiger partial charge in [-0.1, -0.05) is 18.2 Å². The van der Waals surface area contributed by atoms with Crippen LogP contribution in [0.3, 0.4) is 0 Å². The van der Waals surface area contributed by atoms with Crippen molar-refractivity contribution in [2.24, 2.45) is 0 Å². The summed E-state index contributed by atoms with van der Waals surface area (Å²) < 4.78 is 47.1. The van der Waals surface area contributed by atoms with E-state index < -0.39 is 22.4 Å². The number of anilines is 2. The molecule has 0 fully saturated rings. The number of halogens is 1. The molecule has 0 radical (unpaired) electrons. The number of rotatable bonds is 7. The first-order chi connectivity index (χ1) is 15.8. The second-order valence-corrected chi connectivity index (χ2v) is 9.70. The van der Waals surface area contributed by atoms with Gasteiger partial charge in [-0.15, -0.1) is 0 Å². The van der Waals surface area contributed by atoms with Gasteiger partial charge >= 0.3 is 0 Å². The Kier molecular flexibility index (Phi) is 6.37. The van der Waals surface area contributed by atoms with Crippen molar-refractivity contribution in [2.75, 3.05) is 22.4 Å². The normalized spacial score (nSPS) is 15.2. The van der Waals surface area contributed by atoms with Crippen LogP contribution in [-0.2, 0) is 21.2 Å². The second-order valence-electron chi connectivity index (χ2n) is 7.84. The fourth-order valence-corrected chi connectivity index (χ4v) is 5.48. The summed E-state index contributed by atoms with van der Waals surface area (Å²) in [4.78, 5) is 15.1. The van der Waals surface area contributed by atoms with Crippen LogP contribution in [0, 0.1) is 5.82 Å². The van der Waals surface area contributed by atoms with Crippen molar-refractivity contribution in [1.29, 1.82) is 0 Å². The van der Waals surface area contributed by atoms with Crippen molar-refractivity contribution < 1.29 is 22.3 Å². The second kappa shape index (κ2) is 9.23. The average Bonchev–Trinajstić information content (AvgIpc) is 3.14. The van der Waals surface area contributed by atoms with Crippen molar-refractivity contribution >= 4 is 27.3 Å². The average molecular weight is 469 g/mol. The number of carbonyl (C=O) groups excluding carboxylic acids is 1. The lowest BCUT2D eigenvalue weighted by atomic mass is 10.1. The lowest BCUT2D eigenvalue weighted by molar-refractivity contribution is -0.117. The van der Waals surface area contributed by atoms with Gasteiger partial charge in [-0.25, -0.2) is 12.8 Å². The fraction of sp³-hybridized carbons (Fsp3) is 0.240. The number of hydrogen-bond donors (Lipinski definition) is 0. The van der Waals surface area contributed by atoms with E-state index in [9.17, 15) is 17.6 Å². The maximum atomic E-state index is 13.6. The van der Waals surface area contributed by atoms with Gasteiger partial charge in [-0.3, -0.25) is 9.10 Å². The zero-order valence-electron chi connectivity index (χ0n) is 18.4. The van der Waals surface area contributed by atoms with E-state index in [-0.39, 0.29) is 22.5 Å². The molecule has 3 aromatic carbocycles. The standard InChI is InChI=1S/C25H25FN2O4S/c1-3-32-22-12-14-23(15-13-22)33(30,31)27(21-10-8-20(26)9-11-21)17-25(29)28-18(2)16-19-6-4-5-7-24(19)28/h4-15,18H,3,16-17H2,1-2H3/t18-/m0/s1. The minimum Gasteiger partial charge on any atom is -0.494 e. The van der Waals surface area contributed by atoms with Crippen LogP contribution in [0.4, 0.5) is 15.8 Å². The lowest BCUT2D eigenvalue weighted by Crippen LogP contribution is -2.45. The topological polar surface area (TPSA) is 66.9 Å². The van der Waals surface area contributed by atoms with E-state index in [0.717, 1.165) is 15.6 Å². The highest BCUT2D eigenvalue weighted by molar-refractivity contribution is 7.92. The molecule has 172 valence electrons. The molecule has 0 saturated carbocycles. The predicted molar refractivity (Wildman–Crippen MR) is 126 cm³/mol. The maximum absolute atomic E-state index is 13.6. The van der Waals surface area contributed by atoms with Crippen molar-refractivity contribution in [1.82, 2.24) is 0 Å². The highest BCUT2D eigenvalue weighted by atomic mass is 32.2. The minimum absolute atomic E-state index is 0.0120. The summed E-state index contributed by atoms with van der Waals surface area (Å²) in [6.07, 6.45) is 0.699. The molecular formula is C25H25FN2O4S. The summed E-state index contributed by atoms with van der Waals surface area (Å²) in [5.41, 5.74) is 2.03. The third kappa shape index (κ3) is 4.57. The van der Waals surface area contributed by atoms with Gasteiger partial charge in [-0.05, 0) is 80.4 Å². The van der Waals surface area contributed by atoms with Crippen LogP contribution in [0.1, 0.15) is 19.4 Å². The van der Waals surface area contributed by atoms with Gasteiger partial charge in [0.15, 0.2) is 0 Å². The first kappa shape index (κ1) is 22.8. The van der Waals surface area contributed by atoms with E-state index >= 15 is 0 Å². The Morgan fingerprint density at radius 2 is 1.73 bits per heavy atom. The predicted octanol–water partition coefficient (Wildman–Crippen LogP) is 4.40. The lowest BCUT2D eigenvalue weighted by Gasteiger charge is -2.29. The van der Waals surface area contributed by atoms with Crippen molar-refractivity contribution in [3.8, 4) is 5.75 Å². The third-order valence-electron chi connectivity index (χ3n) is 5.59. The van der Waals surface area contributed by atoms with Crippen LogP contribution < -0.4 is 13.9 Å². The van der Waals surface area contributed by atoms with Crippen molar-refractivity contribution in [3.05, 3.63) is 84.2 Å². The molecule has 1 aliphatic heterocycles. The largest absolute Gasteiger partial charge is 0.494 e. The van der Waals surface area contributed by atoms with Crippen LogP contribution >= 0.6 is 0 Å². The van der Waals surface area contributed by atoms with E-state index in [4.69, 9.17) is 4.74 Å². The molecule has 0 bridgehead atoms. The molecule has 1 heterocycles. The number of ether oxygens (including phenoxy) is 1. The SMILES string of the molecule is CCOc1ccc(S(=O)(=O)N(CC(=O)N2c3ccccc3C[C@@H]2C)c2ccc(F)cc2)cc1. The Balaban J connectivity index is 1.70. The van der Waals surface area contributed by atoms with E-state index in [0.29, 0.717) is 18.8 Å². The summed E-state index contributed by atoms with van der Waals surface area (Å²) in [5.74, 6) is -0.305. The van der Waals surface area contributed by atoms with Gasteiger partial charge in [-0.2, -0.15) is 0 Å². The van der Waals surface area contributed by atoms with Gasteiger partial charge < -0.3 is 9.64 Å². The summed E-state index contributed by atoms with van der Waals surface area (Å²) in [6.45, 7) is 3.81. The first-order valence-corrected chi connectivity index (χ1v) is 12.2. The molecule has 0 aromatic heterocycles. The molecule has 0 N–H and O–H groups in total. The third-order valence-corrected chi connectivity index (χ3v) is 7.38. The van der Waals surface area contributed by atoms with Gasteiger partial charge in [0.05, 0.1) is 17.2 Å². The maximum Gasteiger partial charge on any atom is 0.264 e. The molecule has 1 aliphatic rings. The number of amides is 1. The Morgan fingerprint density at radius 1 is 1.06 bits per heavy atom. The smallest absolute Gasteiger partial charge is 0.264 e. The number of nitrogens with zero attached hydrogens (tertiary/aromatic N) is 2. The molecule has 0 spiro atoms. The number of benzene rings is 3. The Hall–Kier alpha value is -3.39. The molecule has 3 aromatic rings. The van der Waals surface area contributed by atoms with Crippen LogP contribution in [0.2, 0.25) is 0 Å². The highest BCUT2D eigenvalue weighted by Gasteiger charge is 2.34. The van der Waals surface area contributed by atoms with Crippen LogP contribution in [0.25, 0.3) is 0 Å². The van der Waals surface area contributed by atoms with E-state index in [1.165, 1.54) is 36.4 Å². The first-order valence-electron chi connectivity index (χ1n) is 10.7. The zero-order valence-corrected chi connectivity index (χ0v) is 19.3. The molecule has 6 nitrogen and oxygen atoms in total. The molecule has 1 atom stereocenters. The van der Waals surface area contributed by atoms with E-state index in [1.807, 2.05) is 38.1 Å². The Labute approximate surface area is 193 Å². The van der Waals surface area contributed by atoms with Crippen molar-refractivity contribution in [2.45, 2.75) is 31.2 Å². The van der Waals surface area contributed by atoms with Gasteiger partial charge in [0.1, 0.15) is 18.1 Å². The molecule has 0 aliphatic carbocycles. The Morgan fingerprint density at radius 3 is 2.39 bits per heavy atom. The summed E-state index contributed by atoms with van der Waals surface area (Å²) in [7, 11) is -4.11. The molecule has 8 heteroatoms. The minimum atomic E-state index is -4.11. The molecule has 4 rings (SSSR count). The van der Waals surface area contributed by atoms with Gasteiger partial charge in [0.25, 0.3) is 10.0 Å². The quantitative estimate of drug-likeness (QED) is 0.516.